The van der Waals surface area contributed by atoms with Gasteiger partial charge in [-0.1, -0.05) is 18.2 Å². The van der Waals surface area contributed by atoms with Gasteiger partial charge in [-0.15, -0.1) is 0 Å². The number of nitrogens with zero attached hydrogens (tertiary/aromatic N) is 5. The van der Waals surface area contributed by atoms with Gasteiger partial charge in [-0.25, -0.2) is 9.67 Å². The molecule has 0 amide bonds. The summed E-state index contributed by atoms with van der Waals surface area (Å²) in [5.41, 5.74) is 3.60. The minimum atomic E-state index is 0.363. The molecular formula is C18H20N6. The van der Waals surface area contributed by atoms with Gasteiger partial charge in [0.25, 0.3) is 0 Å². The zero-order chi connectivity index (χ0) is 16.2. The quantitative estimate of drug-likeness (QED) is 0.794. The van der Waals surface area contributed by atoms with Crippen LogP contribution in [0.3, 0.4) is 0 Å². The summed E-state index contributed by atoms with van der Waals surface area (Å²) in [6.07, 6.45) is 7.06. The molecule has 0 spiro atoms. The molecule has 24 heavy (non-hydrogen) atoms. The van der Waals surface area contributed by atoms with E-state index >= 15 is 0 Å². The normalized spacial score (nSPS) is 18.6. The van der Waals surface area contributed by atoms with Crippen molar-refractivity contribution in [3.05, 3.63) is 72.6 Å². The second-order valence-electron chi connectivity index (χ2n) is 5.98. The molecule has 0 aliphatic carbocycles. The molecule has 122 valence electrons. The van der Waals surface area contributed by atoms with Crippen molar-refractivity contribution in [1.82, 2.24) is 30.0 Å². The third-order valence-corrected chi connectivity index (χ3v) is 4.43. The molecule has 1 aliphatic heterocycles. The molecule has 1 aromatic carbocycles. The molecule has 6 nitrogen and oxygen atoms in total. The SMILES string of the molecule is c1cncc(C2CNCCN2Cc2ccc(-n3cncn3)cc2)c1. The third kappa shape index (κ3) is 3.20. The van der Waals surface area contributed by atoms with Crippen LogP contribution in [0.25, 0.3) is 5.69 Å². The standard InChI is InChI=1S/C18H20N6/c1-2-16(10-19-7-1)18-11-20-8-9-23(18)12-15-3-5-17(6-4-15)24-14-21-13-22-24/h1-7,10,13-14,18,20H,8-9,11-12H2. The summed E-state index contributed by atoms with van der Waals surface area (Å²) in [6.45, 7) is 3.94. The van der Waals surface area contributed by atoms with Gasteiger partial charge < -0.3 is 5.32 Å². The van der Waals surface area contributed by atoms with E-state index in [1.165, 1.54) is 11.1 Å². The van der Waals surface area contributed by atoms with Gasteiger partial charge in [-0.2, -0.15) is 5.10 Å². The van der Waals surface area contributed by atoms with E-state index in [1.54, 1.807) is 17.3 Å². The van der Waals surface area contributed by atoms with Gasteiger partial charge in [0, 0.05) is 44.6 Å². The Hall–Kier alpha value is -2.57. The first-order valence-electron chi connectivity index (χ1n) is 8.19. The van der Waals surface area contributed by atoms with E-state index in [2.05, 4.69) is 55.6 Å². The highest BCUT2D eigenvalue weighted by Gasteiger charge is 2.23. The van der Waals surface area contributed by atoms with Crippen molar-refractivity contribution >= 4 is 0 Å². The molecular weight excluding hydrogens is 300 g/mol. The number of benzene rings is 1. The predicted molar refractivity (Wildman–Crippen MR) is 91.6 cm³/mol. The molecule has 1 fully saturated rings. The highest BCUT2D eigenvalue weighted by Crippen LogP contribution is 2.23. The van der Waals surface area contributed by atoms with Crippen LogP contribution in [0.5, 0.6) is 0 Å². The average molecular weight is 320 g/mol. The van der Waals surface area contributed by atoms with E-state index in [-0.39, 0.29) is 0 Å². The monoisotopic (exact) mass is 320 g/mol. The van der Waals surface area contributed by atoms with Crippen molar-refractivity contribution < 1.29 is 0 Å². The van der Waals surface area contributed by atoms with Gasteiger partial charge in [-0.05, 0) is 29.3 Å². The second-order valence-corrected chi connectivity index (χ2v) is 5.98. The molecule has 1 atom stereocenters. The fourth-order valence-corrected chi connectivity index (χ4v) is 3.17. The van der Waals surface area contributed by atoms with Crippen LogP contribution >= 0.6 is 0 Å². The Morgan fingerprint density at radius 2 is 2.04 bits per heavy atom. The lowest BCUT2D eigenvalue weighted by Gasteiger charge is -2.36. The van der Waals surface area contributed by atoms with E-state index in [0.29, 0.717) is 6.04 Å². The van der Waals surface area contributed by atoms with Crippen LogP contribution in [0, 0.1) is 0 Å². The van der Waals surface area contributed by atoms with Crippen molar-refractivity contribution in [2.45, 2.75) is 12.6 Å². The van der Waals surface area contributed by atoms with Crippen molar-refractivity contribution in [2.75, 3.05) is 19.6 Å². The first-order chi connectivity index (χ1) is 11.9. The van der Waals surface area contributed by atoms with E-state index in [1.807, 2.05) is 18.5 Å². The highest BCUT2D eigenvalue weighted by molar-refractivity contribution is 5.33. The van der Waals surface area contributed by atoms with Crippen LogP contribution in [-0.2, 0) is 6.54 Å². The van der Waals surface area contributed by atoms with Crippen LogP contribution in [0.2, 0.25) is 0 Å². The van der Waals surface area contributed by atoms with E-state index < -0.39 is 0 Å². The van der Waals surface area contributed by atoms with E-state index in [9.17, 15) is 0 Å². The summed E-state index contributed by atoms with van der Waals surface area (Å²) in [5, 5.41) is 7.65. The number of hydrogen-bond donors (Lipinski definition) is 1. The van der Waals surface area contributed by atoms with Gasteiger partial charge in [0.15, 0.2) is 0 Å². The topological polar surface area (TPSA) is 58.9 Å². The lowest BCUT2D eigenvalue weighted by atomic mass is 10.0. The first kappa shape index (κ1) is 15.0. The largest absolute Gasteiger partial charge is 0.314 e. The van der Waals surface area contributed by atoms with Crippen LogP contribution in [0.4, 0.5) is 0 Å². The Morgan fingerprint density at radius 3 is 2.79 bits per heavy atom. The molecule has 6 heteroatoms. The Morgan fingerprint density at radius 1 is 1.12 bits per heavy atom. The predicted octanol–water partition coefficient (Wildman–Crippen LogP) is 1.81. The maximum Gasteiger partial charge on any atom is 0.138 e. The van der Waals surface area contributed by atoms with Crippen LogP contribution in [0.15, 0.2) is 61.4 Å². The van der Waals surface area contributed by atoms with Gasteiger partial charge in [-0.3, -0.25) is 9.88 Å². The van der Waals surface area contributed by atoms with Gasteiger partial charge in [0.1, 0.15) is 12.7 Å². The summed E-state index contributed by atoms with van der Waals surface area (Å²) in [5.74, 6) is 0. The molecule has 3 heterocycles. The number of hydrogen-bond acceptors (Lipinski definition) is 5. The summed E-state index contributed by atoms with van der Waals surface area (Å²) in [7, 11) is 0. The summed E-state index contributed by atoms with van der Waals surface area (Å²) >= 11 is 0. The van der Waals surface area contributed by atoms with Crippen LogP contribution < -0.4 is 5.32 Å². The third-order valence-electron chi connectivity index (χ3n) is 4.43. The maximum atomic E-state index is 4.27. The molecule has 1 saturated heterocycles. The van der Waals surface area contributed by atoms with Crippen molar-refractivity contribution in [3.63, 3.8) is 0 Å². The van der Waals surface area contributed by atoms with Gasteiger partial charge >= 0.3 is 0 Å². The average Bonchev–Trinajstić information content (AvgIpc) is 3.18. The van der Waals surface area contributed by atoms with E-state index in [4.69, 9.17) is 0 Å². The molecule has 4 rings (SSSR count). The van der Waals surface area contributed by atoms with Gasteiger partial charge in [0.05, 0.1) is 5.69 Å². The lowest BCUT2D eigenvalue weighted by molar-refractivity contribution is 0.153. The van der Waals surface area contributed by atoms with E-state index in [0.717, 1.165) is 31.9 Å². The molecule has 1 unspecified atom stereocenters. The molecule has 1 aliphatic rings. The fourth-order valence-electron chi connectivity index (χ4n) is 3.17. The fraction of sp³-hybridized carbons (Fsp3) is 0.278. The zero-order valence-corrected chi connectivity index (χ0v) is 13.4. The minimum Gasteiger partial charge on any atom is -0.314 e. The Bertz CT molecular complexity index is 754. The highest BCUT2D eigenvalue weighted by atomic mass is 15.3. The summed E-state index contributed by atoms with van der Waals surface area (Å²) in [6, 6.07) is 13.0. The minimum absolute atomic E-state index is 0.363. The van der Waals surface area contributed by atoms with Crippen molar-refractivity contribution in [3.8, 4) is 5.69 Å². The lowest BCUT2D eigenvalue weighted by Crippen LogP contribution is -2.45. The van der Waals surface area contributed by atoms with Crippen LogP contribution in [0.1, 0.15) is 17.2 Å². The summed E-state index contributed by atoms with van der Waals surface area (Å²) in [4.78, 5) is 10.8. The molecule has 3 aromatic rings. The number of rotatable bonds is 4. The number of piperazine rings is 1. The molecule has 2 aromatic heterocycles. The number of nitrogens with one attached hydrogen (secondary N) is 1. The maximum absolute atomic E-state index is 4.27. The molecule has 0 saturated carbocycles. The van der Waals surface area contributed by atoms with Crippen molar-refractivity contribution in [1.29, 1.82) is 0 Å². The zero-order valence-electron chi connectivity index (χ0n) is 13.4. The second kappa shape index (κ2) is 6.90. The van der Waals surface area contributed by atoms with Crippen molar-refractivity contribution in [2.24, 2.45) is 0 Å². The molecule has 0 bridgehead atoms. The smallest absolute Gasteiger partial charge is 0.138 e. The first-order valence-corrected chi connectivity index (χ1v) is 8.19. The summed E-state index contributed by atoms with van der Waals surface area (Å²) < 4.78 is 1.77. The Kier molecular flexibility index (Phi) is 4.31. The number of pyridine rings is 1. The molecule has 0 radical (unpaired) electrons. The Labute approximate surface area is 141 Å². The van der Waals surface area contributed by atoms with Crippen LogP contribution in [-0.4, -0.2) is 44.3 Å². The van der Waals surface area contributed by atoms with Gasteiger partial charge in [0.2, 0.25) is 0 Å². The molecule has 1 N–H and O–H groups in total. The number of aromatic nitrogens is 4. The Balaban J connectivity index is 1.50.